The van der Waals surface area contributed by atoms with Crippen molar-refractivity contribution < 1.29 is 0 Å². The predicted octanol–water partition coefficient (Wildman–Crippen LogP) is 5.66. The second-order valence-electron chi connectivity index (χ2n) is 7.82. The summed E-state index contributed by atoms with van der Waals surface area (Å²) in [4.78, 5) is 0. The van der Waals surface area contributed by atoms with Gasteiger partial charge in [0, 0.05) is 12.1 Å². The summed E-state index contributed by atoms with van der Waals surface area (Å²) in [5.41, 5.74) is 0. The number of hydrogen-bond acceptors (Lipinski definition) is 1. The average molecular weight is 341 g/mol. The van der Waals surface area contributed by atoms with Gasteiger partial charge in [-0.25, -0.2) is 0 Å². The van der Waals surface area contributed by atoms with E-state index in [9.17, 15) is 0 Å². The zero-order valence-corrected chi connectivity index (χ0v) is 17.0. The molecule has 0 bridgehead atoms. The Balaban J connectivity index is 2.57. The molecular weight excluding hydrogens is 300 g/mol. The lowest BCUT2D eigenvalue weighted by Gasteiger charge is -2.43. The van der Waals surface area contributed by atoms with Crippen molar-refractivity contribution in [1.82, 2.24) is 10.6 Å². The number of hydrogen-bond donors (Lipinski definition) is 2. The van der Waals surface area contributed by atoms with Gasteiger partial charge >= 0.3 is 0 Å². The Labute approximate surface area is 150 Å². The summed E-state index contributed by atoms with van der Waals surface area (Å²) in [7, 11) is 0. The maximum atomic E-state index is 5.52. The fourth-order valence-corrected chi connectivity index (χ4v) is 4.63. The molecular formula is C20H40N2S. The van der Waals surface area contributed by atoms with Crippen LogP contribution in [0.3, 0.4) is 0 Å². The summed E-state index contributed by atoms with van der Waals surface area (Å²) in [5, 5.41) is 7.88. The number of unbranched alkanes of at least 4 members (excludes halogenated alkanes) is 3. The fourth-order valence-electron chi connectivity index (χ4n) is 4.26. The van der Waals surface area contributed by atoms with Gasteiger partial charge in [-0.05, 0) is 56.7 Å². The van der Waals surface area contributed by atoms with Crippen LogP contribution in [0.25, 0.3) is 0 Å². The molecule has 23 heavy (non-hydrogen) atoms. The van der Waals surface area contributed by atoms with E-state index in [0.717, 1.165) is 22.9 Å². The van der Waals surface area contributed by atoms with Gasteiger partial charge in [-0.15, -0.1) is 0 Å². The Bertz CT molecular complexity index is 316. The topological polar surface area (TPSA) is 24.1 Å². The quantitative estimate of drug-likeness (QED) is 0.418. The predicted molar refractivity (Wildman–Crippen MR) is 107 cm³/mol. The van der Waals surface area contributed by atoms with Crippen molar-refractivity contribution in [1.29, 1.82) is 0 Å². The van der Waals surface area contributed by atoms with Crippen LogP contribution in [-0.2, 0) is 0 Å². The van der Waals surface area contributed by atoms with Crippen LogP contribution in [-0.4, -0.2) is 17.2 Å². The van der Waals surface area contributed by atoms with Gasteiger partial charge < -0.3 is 10.6 Å². The highest BCUT2D eigenvalue weighted by Crippen LogP contribution is 2.39. The van der Waals surface area contributed by atoms with Crippen molar-refractivity contribution in [2.75, 3.05) is 0 Å². The van der Waals surface area contributed by atoms with E-state index in [0.29, 0.717) is 12.1 Å². The third-order valence-corrected chi connectivity index (χ3v) is 5.76. The highest BCUT2D eigenvalue weighted by Gasteiger charge is 2.36. The van der Waals surface area contributed by atoms with Crippen LogP contribution in [0.2, 0.25) is 0 Å². The molecule has 1 fully saturated rings. The molecule has 1 aliphatic rings. The number of thiocarbonyl (C=S) groups is 1. The number of nitrogens with one attached hydrogen (secondary N) is 2. The van der Waals surface area contributed by atoms with Crippen LogP contribution in [0.4, 0.5) is 0 Å². The molecule has 0 aliphatic heterocycles. The molecule has 0 aromatic carbocycles. The fraction of sp³-hybridized carbons (Fsp3) is 0.950. The van der Waals surface area contributed by atoms with Gasteiger partial charge in [-0.1, -0.05) is 65.7 Å². The van der Waals surface area contributed by atoms with Crippen LogP contribution in [0, 0.1) is 17.8 Å². The van der Waals surface area contributed by atoms with Gasteiger partial charge in [0.15, 0.2) is 5.11 Å². The summed E-state index contributed by atoms with van der Waals surface area (Å²) < 4.78 is 0. The van der Waals surface area contributed by atoms with Gasteiger partial charge in [-0.2, -0.15) is 0 Å². The van der Waals surface area contributed by atoms with Crippen molar-refractivity contribution >= 4 is 17.3 Å². The summed E-state index contributed by atoms with van der Waals surface area (Å²) >= 11 is 5.52. The molecule has 3 heteroatoms. The molecule has 2 nitrogen and oxygen atoms in total. The first-order chi connectivity index (χ1) is 11.0. The average Bonchev–Trinajstić information content (AvgIpc) is 2.51. The summed E-state index contributed by atoms with van der Waals surface area (Å²) in [6, 6.07) is 0.973. The van der Waals surface area contributed by atoms with E-state index in [2.05, 4.69) is 45.3 Å². The Hall–Kier alpha value is -0.310. The molecule has 0 spiro atoms. The Morgan fingerprint density at radius 2 is 1.61 bits per heavy atom. The smallest absolute Gasteiger partial charge is 0.166 e. The molecule has 0 saturated heterocycles. The maximum Gasteiger partial charge on any atom is 0.166 e. The van der Waals surface area contributed by atoms with Gasteiger partial charge in [0.25, 0.3) is 0 Å². The van der Waals surface area contributed by atoms with Crippen LogP contribution in [0.15, 0.2) is 0 Å². The molecule has 1 saturated carbocycles. The molecule has 1 aliphatic carbocycles. The van der Waals surface area contributed by atoms with Crippen molar-refractivity contribution in [3.8, 4) is 0 Å². The first kappa shape index (κ1) is 20.7. The van der Waals surface area contributed by atoms with E-state index in [1.54, 1.807) is 0 Å². The first-order valence-corrected chi connectivity index (χ1v) is 10.5. The highest BCUT2D eigenvalue weighted by molar-refractivity contribution is 7.80. The minimum Gasteiger partial charge on any atom is -0.361 e. The highest BCUT2D eigenvalue weighted by atomic mass is 32.1. The molecule has 136 valence electrons. The zero-order valence-electron chi connectivity index (χ0n) is 16.2. The lowest BCUT2D eigenvalue weighted by atomic mass is 9.68. The molecule has 0 amide bonds. The molecule has 2 N–H and O–H groups in total. The standard InChI is InChI=1S/C20H40N2S/c1-6-9-10-11-12-16-13-17(7-2)19(18(8-3)14-16)22-20(23)21-15(4)5/h15-19H,6-14H2,1-5H3,(H2,21,22,23). The van der Waals surface area contributed by atoms with Gasteiger partial charge in [-0.3, -0.25) is 0 Å². The van der Waals surface area contributed by atoms with Crippen LogP contribution >= 0.6 is 12.2 Å². The SMILES string of the molecule is CCCCCCC1CC(CC)C(NC(=S)NC(C)C)C(CC)C1. The second-order valence-corrected chi connectivity index (χ2v) is 8.23. The normalized spacial score (nSPS) is 27.9. The van der Waals surface area contributed by atoms with E-state index in [4.69, 9.17) is 12.2 Å². The van der Waals surface area contributed by atoms with E-state index in [-0.39, 0.29) is 0 Å². The van der Waals surface area contributed by atoms with E-state index in [1.165, 1.54) is 57.8 Å². The lowest BCUT2D eigenvalue weighted by molar-refractivity contribution is 0.132. The van der Waals surface area contributed by atoms with Crippen molar-refractivity contribution in [3.63, 3.8) is 0 Å². The molecule has 0 aromatic rings. The van der Waals surface area contributed by atoms with Crippen LogP contribution < -0.4 is 10.6 Å². The Morgan fingerprint density at radius 1 is 1.00 bits per heavy atom. The lowest BCUT2D eigenvalue weighted by Crippen LogP contribution is -2.52. The van der Waals surface area contributed by atoms with E-state index < -0.39 is 0 Å². The van der Waals surface area contributed by atoms with E-state index in [1.807, 2.05) is 0 Å². The molecule has 0 radical (unpaired) electrons. The Kier molecular flexibility index (Phi) is 10.2. The zero-order chi connectivity index (χ0) is 17.2. The van der Waals surface area contributed by atoms with Gasteiger partial charge in [0.05, 0.1) is 0 Å². The van der Waals surface area contributed by atoms with Crippen molar-refractivity contribution in [2.45, 2.75) is 104 Å². The molecule has 2 unspecified atom stereocenters. The summed E-state index contributed by atoms with van der Waals surface area (Å²) in [5.74, 6) is 2.49. The number of rotatable bonds is 9. The Morgan fingerprint density at radius 3 is 2.09 bits per heavy atom. The van der Waals surface area contributed by atoms with Crippen molar-refractivity contribution in [3.05, 3.63) is 0 Å². The maximum absolute atomic E-state index is 5.52. The minimum atomic E-state index is 0.407. The minimum absolute atomic E-state index is 0.407. The van der Waals surface area contributed by atoms with Crippen LogP contribution in [0.5, 0.6) is 0 Å². The monoisotopic (exact) mass is 340 g/mol. The molecule has 2 atom stereocenters. The molecule has 0 aromatic heterocycles. The van der Waals surface area contributed by atoms with Gasteiger partial charge in [0.1, 0.15) is 0 Å². The molecule has 0 heterocycles. The first-order valence-electron chi connectivity index (χ1n) is 10.1. The van der Waals surface area contributed by atoms with Crippen molar-refractivity contribution in [2.24, 2.45) is 17.8 Å². The third-order valence-electron chi connectivity index (χ3n) is 5.52. The largest absolute Gasteiger partial charge is 0.361 e. The van der Waals surface area contributed by atoms with Gasteiger partial charge in [0.2, 0.25) is 0 Å². The van der Waals surface area contributed by atoms with E-state index >= 15 is 0 Å². The molecule has 1 rings (SSSR count). The summed E-state index contributed by atoms with van der Waals surface area (Å²) in [6.45, 7) is 11.3. The van der Waals surface area contributed by atoms with Crippen LogP contribution in [0.1, 0.15) is 92.4 Å². The third kappa shape index (κ3) is 7.41. The second kappa shape index (κ2) is 11.3. The summed E-state index contributed by atoms with van der Waals surface area (Å²) in [6.07, 6.45) is 12.3.